The van der Waals surface area contributed by atoms with Crippen molar-refractivity contribution < 1.29 is 44.6 Å². The van der Waals surface area contributed by atoms with Gasteiger partial charge in [-0.3, -0.25) is 0 Å². The zero-order valence-corrected chi connectivity index (χ0v) is 26.7. The molecule has 4 fully saturated rings. The first-order valence-electron chi connectivity index (χ1n) is 15.8. The van der Waals surface area contributed by atoms with Gasteiger partial charge in [0, 0.05) is 22.0 Å². The summed E-state index contributed by atoms with van der Waals surface area (Å²) in [5.41, 5.74) is 7.14. The van der Waals surface area contributed by atoms with E-state index in [2.05, 4.69) is 0 Å². The van der Waals surface area contributed by atoms with Crippen LogP contribution in [0.1, 0.15) is 103 Å². The summed E-state index contributed by atoms with van der Waals surface area (Å²) in [7, 11) is 0. The van der Waals surface area contributed by atoms with Crippen LogP contribution in [0.5, 0.6) is 11.5 Å². The first-order chi connectivity index (χ1) is 21.2. The predicted octanol–water partition coefficient (Wildman–Crippen LogP) is 8.69. The number of hydrogen-bond acceptors (Lipinski definition) is 4. The molecule has 4 bridgehead atoms. The van der Waals surface area contributed by atoms with Crippen molar-refractivity contribution in [1.29, 1.82) is 0 Å². The van der Waals surface area contributed by atoms with Crippen LogP contribution in [0.15, 0.2) is 0 Å². The molecule has 4 aliphatic carbocycles. The molecule has 254 valence electrons. The van der Waals surface area contributed by atoms with Gasteiger partial charge in [0.2, 0.25) is 23.3 Å². The Balaban J connectivity index is 1.31. The molecule has 6 rings (SSSR count). The van der Waals surface area contributed by atoms with Crippen LogP contribution >= 0.6 is 0 Å². The van der Waals surface area contributed by atoms with Gasteiger partial charge in [-0.1, -0.05) is 41.5 Å². The van der Waals surface area contributed by atoms with Crippen molar-refractivity contribution >= 4 is 0 Å². The Morgan fingerprint density at radius 3 is 1.02 bits per heavy atom. The van der Waals surface area contributed by atoms with Crippen LogP contribution in [0.2, 0.25) is 0 Å². The summed E-state index contributed by atoms with van der Waals surface area (Å²) in [6.45, 7) is 11.8. The normalized spacial score (nSPS) is 33.5. The van der Waals surface area contributed by atoms with E-state index in [9.17, 15) is 0 Å². The Kier molecular flexibility index (Phi) is 7.56. The Morgan fingerprint density at radius 1 is 0.522 bits per heavy atom. The van der Waals surface area contributed by atoms with E-state index < -0.39 is 104 Å². The molecule has 0 aliphatic heterocycles. The van der Waals surface area contributed by atoms with E-state index >= 15 is 35.1 Å². The van der Waals surface area contributed by atoms with Gasteiger partial charge in [0.15, 0.2) is 34.8 Å². The Bertz CT molecular complexity index is 1440. The second-order valence-corrected chi connectivity index (χ2v) is 15.5. The topological polar surface area (TPSA) is 70.5 Å². The molecule has 4 aliphatic rings. The smallest absolute Gasteiger partial charge is 0.204 e. The number of hydrogen-bond donors (Lipinski definition) is 2. The molecular weight excluding hydrogens is 620 g/mol. The lowest BCUT2D eigenvalue weighted by Crippen LogP contribution is -2.39. The largest absolute Gasteiger partial charge is 0.484 e. The fourth-order valence-electron chi connectivity index (χ4n) is 9.31. The Hall–Kier alpha value is -2.60. The Labute approximate surface area is 263 Å². The first kappa shape index (κ1) is 33.3. The third-order valence-corrected chi connectivity index (χ3v) is 13.5. The fraction of sp³-hybridized carbons (Fsp3) is 0.647. The second kappa shape index (κ2) is 10.4. The molecule has 0 amide bonds. The molecule has 0 spiro atoms. The maximum atomic E-state index is 15.4. The highest BCUT2D eigenvalue weighted by Crippen LogP contribution is 2.67. The molecule has 0 heterocycles. The van der Waals surface area contributed by atoms with Crippen LogP contribution in [-0.4, -0.2) is 12.2 Å². The Morgan fingerprint density at radius 2 is 0.804 bits per heavy atom. The first-order valence-corrected chi connectivity index (χ1v) is 15.8. The summed E-state index contributed by atoms with van der Waals surface area (Å²) < 4.78 is 134. The predicted molar refractivity (Wildman–Crippen MR) is 154 cm³/mol. The lowest BCUT2D eigenvalue weighted by atomic mass is 9.70. The van der Waals surface area contributed by atoms with Gasteiger partial charge in [-0.25, -0.2) is 17.6 Å². The van der Waals surface area contributed by atoms with Crippen molar-refractivity contribution in [1.82, 2.24) is 0 Å². The molecule has 0 radical (unpaired) electrons. The van der Waals surface area contributed by atoms with Crippen molar-refractivity contribution in [2.24, 2.45) is 45.0 Å². The summed E-state index contributed by atoms with van der Waals surface area (Å²) in [6.07, 6.45) is 2.49. The van der Waals surface area contributed by atoms with E-state index in [1.54, 1.807) is 0 Å². The van der Waals surface area contributed by atoms with Gasteiger partial charge in [-0.05, 0) is 61.2 Å². The third-order valence-electron chi connectivity index (χ3n) is 13.5. The standard InChI is InChI=1S/C34H40F8N2O2/c1-31(2)13-7-9-33(31,5)15(11-13)45-29-23(39)19(35)17(20(36)24(29)40)27(43)28(44)18-21(37)25(41)30(26(42)22(18)38)46-16-12-14-8-10-34(16,6)32(14,3)4/h13-16,27-28H,7-12,43-44H2,1-6H3/t13?,14?,15?,16?,27-,28-,33?,34?/m0/s1. The van der Waals surface area contributed by atoms with Crippen molar-refractivity contribution in [2.75, 3.05) is 0 Å². The number of ether oxygens (including phenoxy) is 2. The maximum Gasteiger partial charge on any atom is 0.204 e. The van der Waals surface area contributed by atoms with E-state index in [1.165, 1.54) is 0 Å². The number of rotatable bonds is 7. The molecule has 2 aromatic carbocycles. The average molecular weight is 661 g/mol. The number of nitrogens with two attached hydrogens (primary N) is 2. The van der Waals surface area contributed by atoms with Crippen LogP contribution in [0.25, 0.3) is 0 Å². The van der Waals surface area contributed by atoms with Crippen LogP contribution in [-0.2, 0) is 0 Å². The van der Waals surface area contributed by atoms with Gasteiger partial charge in [-0.15, -0.1) is 0 Å². The number of halogens is 8. The highest BCUT2D eigenvalue weighted by molar-refractivity contribution is 5.41. The van der Waals surface area contributed by atoms with Crippen molar-refractivity contribution in [3.63, 3.8) is 0 Å². The van der Waals surface area contributed by atoms with Crippen molar-refractivity contribution in [3.8, 4) is 11.5 Å². The summed E-state index contributed by atoms with van der Waals surface area (Å²) in [5.74, 6) is -17.9. The molecule has 4 N–H and O–H groups in total. The maximum absolute atomic E-state index is 15.4. The third kappa shape index (κ3) is 4.16. The van der Waals surface area contributed by atoms with E-state index in [0.29, 0.717) is 25.7 Å². The van der Waals surface area contributed by atoms with Gasteiger partial charge in [0.1, 0.15) is 12.2 Å². The van der Waals surface area contributed by atoms with E-state index in [0.717, 1.165) is 12.8 Å². The lowest BCUT2D eigenvalue weighted by molar-refractivity contribution is 0.0240. The molecule has 8 atom stereocenters. The molecular formula is C34H40F8N2O2. The molecule has 0 saturated heterocycles. The minimum Gasteiger partial charge on any atom is -0.484 e. The second-order valence-electron chi connectivity index (χ2n) is 15.5. The molecule has 4 nitrogen and oxygen atoms in total. The summed E-state index contributed by atoms with van der Waals surface area (Å²) >= 11 is 0. The zero-order valence-electron chi connectivity index (χ0n) is 26.7. The van der Waals surface area contributed by atoms with Crippen LogP contribution in [0.3, 0.4) is 0 Å². The summed E-state index contributed by atoms with van der Waals surface area (Å²) in [5, 5.41) is 0. The molecule has 0 aromatic heterocycles. The molecule has 46 heavy (non-hydrogen) atoms. The molecule has 6 unspecified atom stereocenters. The average Bonchev–Trinajstić information content (AvgIpc) is 3.51. The SMILES string of the molecule is CC1(C)C2CCC1(C)C(Oc1c(F)c(F)c([C@H](N)[C@@H](N)c3c(F)c(F)c(OC4CC5CCC4(C)C5(C)C)c(F)c3F)c(F)c1F)C2. The minimum atomic E-state index is -2.38. The number of benzene rings is 2. The molecule has 4 saturated carbocycles. The summed E-state index contributed by atoms with van der Waals surface area (Å²) in [4.78, 5) is 0. The highest BCUT2D eigenvalue weighted by atomic mass is 19.2. The van der Waals surface area contributed by atoms with Gasteiger partial charge >= 0.3 is 0 Å². The van der Waals surface area contributed by atoms with E-state index in [4.69, 9.17) is 20.9 Å². The van der Waals surface area contributed by atoms with Crippen LogP contribution < -0.4 is 20.9 Å². The van der Waals surface area contributed by atoms with Crippen molar-refractivity contribution in [3.05, 3.63) is 57.7 Å². The van der Waals surface area contributed by atoms with Gasteiger partial charge in [0.05, 0.1) is 12.1 Å². The monoisotopic (exact) mass is 660 g/mol. The highest BCUT2D eigenvalue weighted by Gasteiger charge is 2.64. The van der Waals surface area contributed by atoms with Crippen molar-refractivity contribution in [2.45, 2.75) is 104 Å². The number of fused-ring (bicyclic) bond motifs is 4. The molecule has 12 heteroatoms. The quantitative estimate of drug-likeness (QED) is 0.230. The van der Waals surface area contributed by atoms with E-state index in [-0.39, 0.29) is 22.7 Å². The lowest BCUT2D eigenvalue weighted by Gasteiger charge is -2.39. The summed E-state index contributed by atoms with van der Waals surface area (Å²) in [6, 6.07) is -4.76. The van der Waals surface area contributed by atoms with Crippen LogP contribution in [0.4, 0.5) is 35.1 Å². The van der Waals surface area contributed by atoms with Gasteiger partial charge in [0.25, 0.3) is 0 Å². The molecule has 2 aromatic rings. The van der Waals surface area contributed by atoms with E-state index in [1.807, 2.05) is 41.5 Å². The minimum absolute atomic E-state index is 0.180. The fourth-order valence-corrected chi connectivity index (χ4v) is 9.31. The van der Waals surface area contributed by atoms with Gasteiger partial charge < -0.3 is 20.9 Å². The van der Waals surface area contributed by atoms with Crippen LogP contribution in [0, 0.1) is 80.0 Å². The van der Waals surface area contributed by atoms with Gasteiger partial charge in [-0.2, -0.15) is 17.6 Å². The zero-order chi connectivity index (χ0) is 34.0.